The van der Waals surface area contributed by atoms with Gasteiger partial charge in [-0.2, -0.15) is 5.10 Å². The molecule has 0 saturated carbocycles. The Kier molecular flexibility index (Phi) is 8.09. The molecule has 1 aliphatic heterocycles. The summed E-state index contributed by atoms with van der Waals surface area (Å²) in [6.07, 6.45) is 8.74. The smallest absolute Gasteiger partial charge is 0.410 e. The number of anilines is 1. The predicted octanol–water partition coefficient (Wildman–Crippen LogP) is 5.46. The minimum atomic E-state index is -0.485. The van der Waals surface area contributed by atoms with Crippen LogP contribution in [0.25, 0.3) is 22.5 Å². The van der Waals surface area contributed by atoms with Crippen molar-refractivity contribution in [3.8, 4) is 22.5 Å². The highest BCUT2D eigenvalue weighted by Crippen LogP contribution is 2.29. The van der Waals surface area contributed by atoms with Crippen LogP contribution >= 0.6 is 0 Å². The second-order valence-corrected chi connectivity index (χ2v) is 11.0. The molecule has 1 fully saturated rings. The fourth-order valence-corrected chi connectivity index (χ4v) is 4.81. The third-order valence-electron chi connectivity index (χ3n) is 6.81. The number of carbonyl (C=O) groups excluding carboxylic acids is 1. The monoisotopic (exact) mass is 539 g/mol. The first-order valence-electron chi connectivity index (χ1n) is 13.9. The van der Waals surface area contributed by atoms with E-state index in [4.69, 9.17) is 14.8 Å². The molecule has 1 aromatic carbocycles. The average molecular weight is 540 g/mol. The summed E-state index contributed by atoms with van der Waals surface area (Å²) in [6, 6.07) is 14.4. The molecule has 0 aliphatic carbocycles. The zero-order valence-corrected chi connectivity index (χ0v) is 23.7. The summed E-state index contributed by atoms with van der Waals surface area (Å²) in [6.45, 7) is 11.6. The number of hydrogen-bond acceptors (Lipinski definition) is 7. The Balaban J connectivity index is 1.27. The first-order valence-corrected chi connectivity index (χ1v) is 13.9. The van der Waals surface area contributed by atoms with Crippen molar-refractivity contribution < 1.29 is 9.53 Å². The molecule has 1 saturated heterocycles. The van der Waals surface area contributed by atoms with Gasteiger partial charge in [0.2, 0.25) is 0 Å². The highest BCUT2D eigenvalue weighted by atomic mass is 16.6. The molecule has 40 heavy (non-hydrogen) atoms. The maximum Gasteiger partial charge on any atom is 0.410 e. The van der Waals surface area contributed by atoms with Gasteiger partial charge in [0.15, 0.2) is 0 Å². The van der Waals surface area contributed by atoms with Gasteiger partial charge in [-0.1, -0.05) is 12.1 Å². The Hall–Kier alpha value is -4.27. The first-order chi connectivity index (χ1) is 19.3. The number of aromatic nitrogens is 5. The van der Waals surface area contributed by atoms with E-state index in [0.717, 1.165) is 65.6 Å². The molecule has 9 heteroatoms. The Bertz CT molecular complexity index is 1430. The number of ether oxygens (including phenoxy) is 1. The lowest BCUT2D eigenvalue weighted by atomic mass is 10.1. The van der Waals surface area contributed by atoms with E-state index in [2.05, 4.69) is 46.1 Å². The number of amides is 1. The van der Waals surface area contributed by atoms with Gasteiger partial charge in [-0.05, 0) is 70.0 Å². The van der Waals surface area contributed by atoms with Crippen LogP contribution in [0.5, 0.6) is 0 Å². The van der Waals surface area contributed by atoms with Crippen LogP contribution in [0.1, 0.15) is 45.5 Å². The molecule has 0 N–H and O–H groups in total. The van der Waals surface area contributed by atoms with Gasteiger partial charge < -0.3 is 14.5 Å². The molecule has 5 rings (SSSR count). The van der Waals surface area contributed by atoms with E-state index in [0.29, 0.717) is 19.5 Å². The molecule has 1 amide bonds. The van der Waals surface area contributed by atoms with Crippen LogP contribution in [0, 0.1) is 0 Å². The molecule has 0 atom stereocenters. The van der Waals surface area contributed by atoms with Gasteiger partial charge in [0.1, 0.15) is 17.1 Å². The fourth-order valence-electron chi connectivity index (χ4n) is 4.81. The van der Waals surface area contributed by atoms with Crippen molar-refractivity contribution in [2.45, 2.75) is 52.7 Å². The number of benzene rings is 1. The van der Waals surface area contributed by atoms with Crippen LogP contribution in [0.2, 0.25) is 0 Å². The van der Waals surface area contributed by atoms with Crippen molar-refractivity contribution >= 4 is 11.8 Å². The normalized spacial score (nSPS) is 14.2. The summed E-state index contributed by atoms with van der Waals surface area (Å²) in [5, 5.41) is 4.76. The number of pyridine rings is 1. The van der Waals surface area contributed by atoms with E-state index in [-0.39, 0.29) is 6.09 Å². The Morgan fingerprint density at radius 3 is 2.55 bits per heavy atom. The zero-order valence-electron chi connectivity index (χ0n) is 23.7. The highest BCUT2D eigenvalue weighted by molar-refractivity contribution is 5.78. The zero-order chi connectivity index (χ0) is 28.1. The minimum Gasteiger partial charge on any atom is -0.444 e. The maximum atomic E-state index is 12.5. The number of hydrogen-bond donors (Lipinski definition) is 0. The summed E-state index contributed by atoms with van der Waals surface area (Å²) in [4.78, 5) is 30.4. The van der Waals surface area contributed by atoms with Crippen molar-refractivity contribution in [1.82, 2.24) is 29.6 Å². The number of rotatable bonds is 6. The van der Waals surface area contributed by atoms with Crippen LogP contribution < -0.4 is 4.90 Å². The predicted molar refractivity (Wildman–Crippen MR) is 156 cm³/mol. The number of aryl methyl sites for hydroxylation is 1. The average Bonchev–Trinajstić information content (AvgIpc) is 3.23. The number of nitrogens with zero attached hydrogens (tertiary/aromatic N) is 7. The molecule has 208 valence electrons. The summed E-state index contributed by atoms with van der Waals surface area (Å²) >= 11 is 0. The van der Waals surface area contributed by atoms with Gasteiger partial charge >= 0.3 is 6.09 Å². The largest absolute Gasteiger partial charge is 0.444 e. The van der Waals surface area contributed by atoms with Gasteiger partial charge in [-0.25, -0.2) is 14.8 Å². The van der Waals surface area contributed by atoms with Crippen LogP contribution in [0.4, 0.5) is 10.5 Å². The van der Waals surface area contributed by atoms with E-state index < -0.39 is 5.60 Å². The lowest BCUT2D eigenvalue weighted by Gasteiger charge is -2.27. The van der Waals surface area contributed by atoms with Crippen LogP contribution in [0.15, 0.2) is 67.3 Å². The fraction of sp³-hybridized carbons (Fsp3) is 0.387. The summed E-state index contributed by atoms with van der Waals surface area (Å²) < 4.78 is 7.49. The van der Waals surface area contributed by atoms with E-state index in [1.54, 1.807) is 6.20 Å². The molecule has 3 aromatic heterocycles. The maximum absolute atomic E-state index is 12.5. The lowest BCUT2D eigenvalue weighted by molar-refractivity contribution is 0.0263. The molecule has 0 radical (unpaired) electrons. The molecular weight excluding hydrogens is 502 g/mol. The summed E-state index contributed by atoms with van der Waals surface area (Å²) in [7, 11) is 0. The molecule has 4 aromatic rings. The summed E-state index contributed by atoms with van der Waals surface area (Å²) in [5.74, 6) is 0.759. The summed E-state index contributed by atoms with van der Waals surface area (Å²) in [5.41, 5.74) is 5.45. The van der Waals surface area contributed by atoms with Crippen LogP contribution in [-0.4, -0.2) is 67.5 Å². The van der Waals surface area contributed by atoms with Crippen molar-refractivity contribution in [2.75, 3.05) is 31.1 Å². The molecular formula is C31H37N7O2. The SMILES string of the molecule is CCn1cc(-c2ccnc(Cc3ccc(N4CCCN(C(=O)OC(C)(C)C)CC4)cc3)n2)c(-c2cccnc2)n1. The van der Waals surface area contributed by atoms with Gasteiger partial charge in [-0.15, -0.1) is 0 Å². The van der Waals surface area contributed by atoms with E-state index in [1.165, 1.54) is 0 Å². The minimum absolute atomic E-state index is 0.235. The second-order valence-electron chi connectivity index (χ2n) is 11.0. The third kappa shape index (κ3) is 6.65. The van der Waals surface area contributed by atoms with E-state index in [1.807, 2.05) is 67.1 Å². The molecule has 0 unspecified atom stereocenters. The van der Waals surface area contributed by atoms with Gasteiger partial charge in [0, 0.05) is 80.7 Å². The van der Waals surface area contributed by atoms with Gasteiger partial charge in [0.05, 0.1) is 5.69 Å². The highest BCUT2D eigenvalue weighted by Gasteiger charge is 2.24. The van der Waals surface area contributed by atoms with Crippen molar-refractivity contribution in [3.63, 3.8) is 0 Å². The Morgan fingerprint density at radius 1 is 1.00 bits per heavy atom. The molecule has 4 heterocycles. The lowest BCUT2D eigenvalue weighted by Crippen LogP contribution is -2.39. The van der Waals surface area contributed by atoms with Crippen molar-refractivity contribution in [1.29, 1.82) is 0 Å². The van der Waals surface area contributed by atoms with E-state index >= 15 is 0 Å². The third-order valence-corrected chi connectivity index (χ3v) is 6.81. The first kappa shape index (κ1) is 27.3. The quantitative estimate of drug-likeness (QED) is 0.321. The molecule has 0 spiro atoms. The van der Waals surface area contributed by atoms with Gasteiger partial charge in [0.25, 0.3) is 0 Å². The standard InChI is InChI=1S/C31H37N7O2/c1-5-38-22-26(29(35-38)24-8-6-14-32-21-24)27-13-15-33-28(34-27)20-23-9-11-25(12-10-23)36-16-7-17-37(19-18-36)30(39)40-31(2,3)4/h6,8-15,21-22H,5,7,16-20H2,1-4H3. The van der Waals surface area contributed by atoms with E-state index in [9.17, 15) is 4.79 Å². The van der Waals surface area contributed by atoms with Crippen molar-refractivity contribution in [3.05, 3.63) is 78.6 Å². The second kappa shape index (κ2) is 11.9. The molecule has 1 aliphatic rings. The molecule has 0 bridgehead atoms. The Labute approximate surface area is 235 Å². The topological polar surface area (TPSA) is 89.3 Å². The van der Waals surface area contributed by atoms with Crippen molar-refractivity contribution in [2.24, 2.45) is 0 Å². The number of carbonyl (C=O) groups is 1. The molecule has 9 nitrogen and oxygen atoms in total. The van der Waals surface area contributed by atoms with Crippen LogP contribution in [0.3, 0.4) is 0 Å². The van der Waals surface area contributed by atoms with Gasteiger partial charge in [-0.3, -0.25) is 9.67 Å². The Morgan fingerprint density at radius 2 is 1.82 bits per heavy atom. The van der Waals surface area contributed by atoms with Crippen LogP contribution in [-0.2, 0) is 17.7 Å².